The number of hydrogen-bond acceptors (Lipinski definition) is 4. The number of nitrogens with one attached hydrogen (secondary N) is 1. The SMILES string of the molecule is COc1ccc(CNc2c(F)cc(N)cc2F)cc1OC. The van der Waals surface area contributed by atoms with Gasteiger partial charge in [0.2, 0.25) is 0 Å². The first-order valence-corrected chi connectivity index (χ1v) is 6.24. The number of hydrogen-bond donors (Lipinski definition) is 2. The Hall–Kier alpha value is -2.50. The highest BCUT2D eigenvalue weighted by atomic mass is 19.1. The summed E-state index contributed by atoms with van der Waals surface area (Å²) < 4.78 is 37.6. The van der Waals surface area contributed by atoms with Crippen molar-refractivity contribution in [3.05, 3.63) is 47.5 Å². The molecule has 112 valence electrons. The Morgan fingerprint density at radius 1 is 1.00 bits per heavy atom. The third kappa shape index (κ3) is 3.34. The first kappa shape index (κ1) is 14.9. The van der Waals surface area contributed by atoms with E-state index in [9.17, 15) is 8.78 Å². The van der Waals surface area contributed by atoms with Gasteiger partial charge in [0, 0.05) is 12.2 Å². The average Bonchev–Trinajstić information content (AvgIpc) is 2.45. The Bertz CT molecular complexity index is 625. The van der Waals surface area contributed by atoms with Crippen LogP contribution in [0, 0.1) is 11.6 Å². The van der Waals surface area contributed by atoms with Gasteiger partial charge in [0.25, 0.3) is 0 Å². The second-order valence-corrected chi connectivity index (χ2v) is 4.40. The topological polar surface area (TPSA) is 56.5 Å². The van der Waals surface area contributed by atoms with E-state index in [-0.39, 0.29) is 17.9 Å². The fourth-order valence-corrected chi connectivity index (χ4v) is 1.94. The van der Waals surface area contributed by atoms with Crippen LogP contribution in [0.25, 0.3) is 0 Å². The van der Waals surface area contributed by atoms with Crippen molar-refractivity contribution in [2.45, 2.75) is 6.54 Å². The van der Waals surface area contributed by atoms with Gasteiger partial charge in [0.05, 0.1) is 14.2 Å². The van der Waals surface area contributed by atoms with Gasteiger partial charge in [0.1, 0.15) is 5.69 Å². The molecule has 6 heteroatoms. The third-order valence-electron chi connectivity index (χ3n) is 2.98. The standard InChI is InChI=1S/C15H16F2N2O2/c1-20-13-4-3-9(5-14(13)21-2)8-19-15-11(16)6-10(18)7-12(15)17/h3-7,19H,8,18H2,1-2H3. The molecule has 21 heavy (non-hydrogen) atoms. The van der Waals surface area contributed by atoms with Gasteiger partial charge in [-0.15, -0.1) is 0 Å². The van der Waals surface area contributed by atoms with Gasteiger partial charge in [0.15, 0.2) is 23.1 Å². The molecule has 0 bridgehead atoms. The number of anilines is 2. The summed E-state index contributed by atoms with van der Waals surface area (Å²) in [6.07, 6.45) is 0. The van der Waals surface area contributed by atoms with Crippen LogP contribution in [0.1, 0.15) is 5.56 Å². The Kier molecular flexibility index (Phi) is 4.47. The minimum atomic E-state index is -0.729. The number of benzene rings is 2. The van der Waals surface area contributed by atoms with E-state index in [1.54, 1.807) is 18.2 Å². The lowest BCUT2D eigenvalue weighted by atomic mass is 10.2. The fraction of sp³-hybridized carbons (Fsp3) is 0.200. The van der Waals surface area contributed by atoms with Crippen LogP contribution in [0.3, 0.4) is 0 Å². The lowest BCUT2D eigenvalue weighted by molar-refractivity contribution is 0.354. The largest absolute Gasteiger partial charge is 0.493 e. The summed E-state index contributed by atoms with van der Waals surface area (Å²) in [5, 5.41) is 2.71. The predicted molar refractivity (Wildman–Crippen MR) is 77.6 cm³/mol. The molecule has 0 heterocycles. The quantitative estimate of drug-likeness (QED) is 0.832. The summed E-state index contributed by atoms with van der Waals surface area (Å²) in [4.78, 5) is 0. The number of nitrogen functional groups attached to an aromatic ring is 1. The maximum atomic E-state index is 13.7. The zero-order chi connectivity index (χ0) is 15.4. The second-order valence-electron chi connectivity index (χ2n) is 4.40. The number of rotatable bonds is 5. The smallest absolute Gasteiger partial charge is 0.161 e. The summed E-state index contributed by atoms with van der Waals surface area (Å²) in [5.41, 5.74) is 6.00. The van der Waals surface area contributed by atoms with Crippen molar-refractivity contribution in [3.63, 3.8) is 0 Å². The van der Waals surface area contributed by atoms with E-state index in [4.69, 9.17) is 15.2 Å². The summed E-state index contributed by atoms with van der Waals surface area (Å²) in [7, 11) is 3.06. The summed E-state index contributed by atoms with van der Waals surface area (Å²) in [6, 6.07) is 7.38. The van der Waals surface area contributed by atoms with Crippen molar-refractivity contribution in [2.24, 2.45) is 0 Å². The van der Waals surface area contributed by atoms with Crippen LogP contribution in [-0.4, -0.2) is 14.2 Å². The lowest BCUT2D eigenvalue weighted by Gasteiger charge is -2.12. The van der Waals surface area contributed by atoms with Gasteiger partial charge >= 0.3 is 0 Å². The molecule has 0 saturated heterocycles. The van der Waals surface area contributed by atoms with Crippen molar-refractivity contribution in [1.82, 2.24) is 0 Å². The summed E-state index contributed by atoms with van der Waals surface area (Å²) >= 11 is 0. The molecule has 0 aliphatic rings. The number of ether oxygens (including phenoxy) is 2. The molecule has 0 aromatic heterocycles. The van der Waals surface area contributed by atoms with Crippen molar-refractivity contribution in [2.75, 3.05) is 25.3 Å². The summed E-state index contributed by atoms with van der Waals surface area (Å²) in [5.74, 6) is -0.318. The molecule has 0 amide bonds. The van der Waals surface area contributed by atoms with Gasteiger partial charge in [-0.3, -0.25) is 0 Å². The van der Waals surface area contributed by atoms with Crippen LogP contribution in [0.15, 0.2) is 30.3 Å². The molecule has 0 atom stereocenters. The second kappa shape index (κ2) is 6.30. The van der Waals surface area contributed by atoms with Crippen LogP contribution in [0.5, 0.6) is 11.5 Å². The fourth-order valence-electron chi connectivity index (χ4n) is 1.94. The molecule has 0 aliphatic carbocycles. The molecular weight excluding hydrogens is 278 g/mol. The van der Waals surface area contributed by atoms with Crippen molar-refractivity contribution in [1.29, 1.82) is 0 Å². The van der Waals surface area contributed by atoms with Gasteiger partial charge in [-0.25, -0.2) is 8.78 Å². The van der Waals surface area contributed by atoms with Gasteiger partial charge in [-0.2, -0.15) is 0 Å². The van der Waals surface area contributed by atoms with E-state index in [0.29, 0.717) is 11.5 Å². The highest BCUT2D eigenvalue weighted by molar-refractivity contribution is 5.54. The molecule has 0 unspecified atom stereocenters. The van der Waals surface area contributed by atoms with Crippen LogP contribution in [0.2, 0.25) is 0 Å². The van der Waals surface area contributed by atoms with E-state index < -0.39 is 11.6 Å². The first-order chi connectivity index (χ1) is 10.0. The molecule has 0 aliphatic heterocycles. The van der Waals surface area contributed by atoms with Crippen molar-refractivity contribution in [3.8, 4) is 11.5 Å². The molecule has 3 N–H and O–H groups in total. The van der Waals surface area contributed by atoms with Crippen molar-refractivity contribution < 1.29 is 18.3 Å². The molecule has 2 rings (SSSR count). The number of nitrogens with two attached hydrogens (primary N) is 1. The van der Waals surface area contributed by atoms with E-state index in [0.717, 1.165) is 17.7 Å². The molecule has 2 aromatic carbocycles. The van der Waals surface area contributed by atoms with E-state index in [1.165, 1.54) is 14.2 Å². The minimum Gasteiger partial charge on any atom is -0.493 e. The van der Waals surface area contributed by atoms with Crippen LogP contribution in [0.4, 0.5) is 20.2 Å². The van der Waals surface area contributed by atoms with E-state index in [1.807, 2.05) is 0 Å². The van der Waals surface area contributed by atoms with Crippen LogP contribution < -0.4 is 20.5 Å². The zero-order valence-electron chi connectivity index (χ0n) is 11.7. The maximum Gasteiger partial charge on any atom is 0.161 e. The molecular formula is C15H16F2N2O2. The zero-order valence-corrected chi connectivity index (χ0v) is 11.7. The Morgan fingerprint density at radius 3 is 2.19 bits per heavy atom. The first-order valence-electron chi connectivity index (χ1n) is 6.24. The minimum absolute atomic E-state index is 0.0432. The molecule has 0 fully saturated rings. The van der Waals surface area contributed by atoms with E-state index in [2.05, 4.69) is 5.32 Å². The predicted octanol–water partition coefficient (Wildman–Crippen LogP) is 3.18. The molecule has 4 nitrogen and oxygen atoms in total. The Morgan fingerprint density at radius 2 is 1.62 bits per heavy atom. The normalized spacial score (nSPS) is 10.3. The van der Waals surface area contributed by atoms with Gasteiger partial charge in [-0.1, -0.05) is 6.07 Å². The van der Waals surface area contributed by atoms with Crippen molar-refractivity contribution >= 4 is 11.4 Å². The molecule has 0 saturated carbocycles. The summed E-state index contributed by atoms with van der Waals surface area (Å²) in [6.45, 7) is 0.234. The van der Waals surface area contributed by atoms with Crippen LogP contribution >= 0.6 is 0 Å². The Labute approximate surface area is 121 Å². The lowest BCUT2D eigenvalue weighted by Crippen LogP contribution is -2.05. The highest BCUT2D eigenvalue weighted by Gasteiger charge is 2.11. The van der Waals surface area contributed by atoms with Crippen LogP contribution in [-0.2, 0) is 6.54 Å². The number of methoxy groups -OCH3 is 2. The Balaban J connectivity index is 2.17. The third-order valence-corrected chi connectivity index (χ3v) is 2.98. The van der Waals surface area contributed by atoms with Gasteiger partial charge in [-0.05, 0) is 29.8 Å². The highest BCUT2D eigenvalue weighted by Crippen LogP contribution is 2.28. The molecule has 2 aromatic rings. The number of halogens is 2. The molecule has 0 radical (unpaired) electrons. The molecule has 0 spiro atoms. The van der Waals surface area contributed by atoms with E-state index >= 15 is 0 Å². The van der Waals surface area contributed by atoms with Gasteiger partial charge < -0.3 is 20.5 Å². The average molecular weight is 294 g/mol. The monoisotopic (exact) mass is 294 g/mol. The maximum absolute atomic E-state index is 13.7.